The zero-order chi connectivity index (χ0) is 18.5. The van der Waals surface area contributed by atoms with Gasteiger partial charge in [0, 0.05) is 19.8 Å². The number of nitrogens with one attached hydrogen (secondary N) is 1. The molecule has 2 N–H and O–H groups in total. The number of amides is 1. The summed E-state index contributed by atoms with van der Waals surface area (Å²) in [5.41, 5.74) is 0.701. The molecule has 1 atom stereocenters. The first kappa shape index (κ1) is 18.3. The molecular weight excluding hydrogens is 360 g/mol. The fraction of sp³-hybridized carbons (Fsp3) is 0.412. The molecule has 26 heavy (non-hydrogen) atoms. The quantitative estimate of drug-likeness (QED) is 0.793. The third-order valence-corrected chi connectivity index (χ3v) is 4.78. The van der Waals surface area contributed by atoms with Crippen LogP contribution >= 0.6 is 11.6 Å². The van der Waals surface area contributed by atoms with Crippen LogP contribution in [0.15, 0.2) is 30.5 Å². The van der Waals surface area contributed by atoms with E-state index in [9.17, 15) is 14.7 Å². The lowest BCUT2D eigenvalue weighted by molar-refractivity contribution is -0.144. The Hall–Kier alpha value is -2.45. The molecule has 2 heterocycles. The van der Waals surface area contributed by atoms with Gasteiger partial charge in [-0.1, -0.05) is 28.9 Å². The Morgan fingerprint density at radius 3 is 2.77 bits per heavy atom. The van der Waals surface area contributed by atoms with Gasteiger partial charge in [0.05, 0.1) is 22.8 Å². The van der Waals surface area contributed by atoms with Crippen molar-refractivity contribution in [2.45, 2.75) is 12.8 Å². The molecule has 0 spiro atoms. The molecule has 1 unspecified atom stereocenters. The molecule has 138 valence electrons. The zero-order valence-corrected chi connectivity index (χ0v) is 14.7. The van der Waals surface area contributed by atoms with Crippen molar-refractivity contribution in [2.75, 3.05) is 19.8 Å². The largest absolute Gasteiger partial charge is 0.481 e. The number of para-hydroxylation sites is 1. The summed E-state index contributed by atoms with van der Waals surface area (Å²) >= 11 is 6.11. The Kier molecular flexibility index (Phi) is 5.85. The maximum absolute atomic E-state index is 12.3. The van der Waals surface area contributed by atoms with Gasteiger partial charge in [0.25, 0.3) is 5.91 Å². The maximum Gasteiger partial charge on any atom is 0.308 e. The number of hydrogen-bond acceptors (Lipinski definition) is 5. The van der Waals surface area contributed by atoms with Crippen LogP contribution in [-0.4, -0.2) is 51.7 Å². The number of aromatic nitrogens is 3. The maximum atomic E-state index is 12.3. The van der Waals surface area contributed by atoms with Crippen LogP contribution in [0.5, 0.6) is 0 Å². The van der Waals surface area contributed by atoms with E-state index < -0.39 is 17.8 Å². The Morgan fingerprint density at radius 1 is 1.35 bits per heavy atom. The predicted octanol–water partition coefficient (Wildman–Crippen LogP) is 1.78. The van der Waals surface area contributed by atoms with Crippen LogP contribution in [0.1, 0.15) is 23.3 Å². The van der Waals surface area contributed by atoms with E-state index in [2.05, 4.69) is 15.6 Å². The summed E-state index contributed by atoms with van der Waals surface area (Å²) in [6.45, 7) is 1.14. The summed E-state index contributed by atoms with van der Waals surface area (Å²) in [7, 11) is 0. The number of ether oxygens (including phenoxy) is 1. The van der Waals surface area contributed by atoms with Crippen molar-refractivity contribution in [3.8, 4) is 5.69 Å². The number of aliphatic carboxylic acids is 1. The first-order chi connectivity index (χ1) is 12.6. The van der Waals surface area contributed by atoms with E-state index in [1.54, 1.807) is 24.3 Å². The molecule has 1 amide bonds. The first-order valence-electron chi connectivity index (χ1n) is 8.32. The van der Waals surface area contributed by atoms with Crippen LogP contribution < -0.4 is 5.32 Å². The summed E-state index contributed by atoms with van der Waals surface area (Å²) in [4.78, 5) is 23.8. The highest BCUT2D eigenvalue weighted by atomic mass is 35.5. The zero-order valence-electron chi connectivity index (χ0n) is 14.0. The molecule has 1 fully saturated rings. The van der Waals surface area contributed by atoms with Gasteiger partial charge in [0.2, 0.25) is 0 Å². The Bertz CT molecular complexity index is 789. The van der Waals surface area contributed by atoms with E-state index in [1.807, 2.05) is 0 Å². The standard InChI is InChI=1S/C17H19ClN4O4/c18-13-3-1-2-4-15(13)22-10-14(20-21-22)16(23)19-9-12(17(24)25)11-5-7-26-8-6-11/h1-4,10-12H,5-9H2,(H,19,23)(H,24,25). The van der Waals surface area contributed by atoms with Crippen LogP contribution in [0.3, 0.4) is 0 Å². The highest BCUT2D eigenvalue weighted by Crippen LogP contribution is 2.24. The lowest BCUT2D eigenvalue weighted by Crippen LogP contribution is -2.39. The number of hydrogen-bond donors (Lipinski definition) is 2. The Balaban J connectivity index is 1.64. The van der Waals surface area contributed by atoms with E-state index in [-0.39, 0.29) is 18.2 Å². The van der Waals surface area contributed by atoms with E-state index >= 15 is 0 Å². The fourth-order valence-corrected chi connectivity index (χ4v) is 3.21. The average molecular weight is 379 g/mol. The SMILES string of the molecule is O=C(NCC(C(=O)O)C1CCOCC1)c1cn(-c2ccccc2Cl)nn1. The van der Waals surface area contributed by atoms with Crippen LogP contribution in [0.25, 0.3) is 5.69 Å². The molecule has 3 rings (SSSR count). The van der Waals surface area contributed by atoms with E-state index in [0.29, 0.717) is 36.8 Å². The minimum absolute atomic E-state index is 0.0136. The molecule has 0 radical (unpaired) electrons. The molecule has 1 aromatic carbocycles. The number of carboxylic acids is 1. The third kappa shape index (κ3) is 4.20. The predicted molar refractivity (Wildman–Crippen MR) is 93.4 cm³/mol. The number of nitrogens with zero attached hydrogens (tertiary/aromatic N) is 3. The van der Waals surface area contributed by atoms with Crippen LogP contribution in [0.4, 0.5) is 0 Å². The van der Waals surface area contributed by atoms with E-state index in [0.717, 1.165) is 0 Å². The second kappa shape index (κ2) is 8.29. The second-order valence-electron chi connectivity index (χ2n) is 6.10. The van der Waals surface area contributed by atoms with Crippen LogP contribution in [-0.2, 0) is 9.53 Å². The number of carbonyl (C=O) groups excluding carboxylic acids is 1. The minimum atomic E-state index is -0.920. The Labute approximate surface area is 155 Å². The van der Waals surface area contributed by atoms with Gasteiger partial charge in [0.1, 0.15) is 0 Å². The number of carboxylic acid groups (broad SMARTS) is 1. The van der Waals surface area contributed by atoms with Crippen molar-refractivity contribution in [3.05, 3.63) is 41.2 Å². The molecule has 8 nitrogen and oxygen atoms in total. The van der Waals surface area contributed by atoms with Gasteiger partial charge in [-0.05, 0) is 30.9 Å². The minimum Gasteiger partial charge on any atom is -0.481 e. The topological polar surface area (TPSA) is 106 Å². The van der Waals surface area contributed by atoms with Gasteiger partial charge in [-0.3, -0.25) is 9.59 Å². The second-order valence-corrected chi connectivity index (χ2v) is 6.51. The van der Waals surface area contributed by atoms with Crippen LogP contribution in [0, 0.1) is 11.8 Å². The van der Waals surface area contributed by atoms with E-state index in [1.165, 1.54) is 10.9 Å². The molecule has 0 saturated carbocycles. The molecule has 0 aliphatic carbocycles. The summed E-state index contributed by atoms with van der Waals surface area (Å²) in [5, 5.41) is 20.3. The van der Waals surface area contributed by atoms with Gasteiger partial charge in [-0.2, -0.15) is 0 Å². The highest BCUT2D eigenvalue weighted by Gasteiger charge is 2.30. The first-order valence-corrected chi connectivity index (χ1v) is 8.70. The van der Waals surface area contributed by atoms with Crippen molar-refractivity contribution in [2.24, 2.45) is 11.8 Å². The number of rotatable bonds is 6. The average Bonchev–Trinajstić information content (AvgIpc) is 3.13. The number of carbonyl (C=O) groups is 2. The summed E-state index contributed by atoms with van der Waals surface area (Å²) in [5.74, 6) is -2.06. The summed E-state index contributed by atoms with van der Waals surface area (Å²) < 4.78 is 6.67. The number of halogens is 1. The van der Waals surface area contributed by atoms with Gasteiger partial charge >= 0.3 is 5.97 Å². The van der Waals surface area contributed by atoms with E-state index in [4.69, 9.17) is 16.3 Å². The van der Waals surface area contributed by atoms with Crippen molar-refractivity contribution < 1.29 is 19.4 Å². The molecular formula is C17H19ClN4O4. The van der Waals surface area contributed by atoms with Gasteiger partial charge in [0.15, 0.2) is 5.69 Å². The molecule has 1 saturated heterocycles. The van der Waals surface area contributed by atoms with Crippen molar-refractivity contribution in [1.29, 1.82) is 0 Å². The third-order valence-electron chi connectivity index (χ3n) is 4.46. The Morgan fingerprint density at radius 2 is 2.08 bits per heavy atom. The van der Waals surface area contributed by atoms with Crippen molar-refractivity contribution in [3.63, 3.8) is 0 Å². The smallest absolute Gasteiger partial charge is 0.308 e. The molecule has 1 aliphatic heterocycles. The van der Waals surface area contributed by atoms with Crippen LogP contribution in [0.2, 0.25) is 5.02 Å². The highest BCUT2D eigenvalue weighted by molar-refractivity contribution is 6.32. The van der Waals surface area contributed by atoms with Crippen molar-refractivity contribution >= 4 is 23.5 Å². The fourth-order valence-electron chi connectivity index (χ4n) is 2.99. The van der Waals surface area contributed by atoms with Crippen molar-refractivity contribution in [1.82, 2.24) is 20.3 Å². The lowest BCUT2D eigenvalue weighted by atomic mass is 9.86. The lowest BCUT2D eigenvalue weighted by Gasteiger charge is -2.27. The van der Waals surface area contributed by atoms with Gasteiger partial charge < -0.3 is 15.2 Å². The molecule has 0 bridgehead atoms. The summed E-state index contributed by atoms with van der Waals surface area (Å²) in [6.07, 6.45) is 2.81. The molecule has 9 heteroatoms. The summed E-state index contributed by atoms with van der Waals surface area (Å²) in [6, 6.07) is 7.06. The monoisotopic (exact) mass is 378 g/mol. The van der Waals surface area contributed by atoms with Gasteiger partial charge in [-0.15, -0.1) is 5.10 Å². The number of benzene rings is 1. The molecule has 1 aromatic heterocycles. The van der Waals surface area contributed by atoms with Gasteiger partial charge in [-0.25, -0.2) is 4.68 Å². The molecule has 1 aliphatic rings. The normalized spacial score (nSPS) is 16.2. The molecule has 2 aromatic rings.